The van der Waals surface area contributed by atoms with Crippen LogP contribution >= 0.6 is 0 Å². The maximum Gasteiger partial charge on any atom is 0.251 e. The Morgan fingerprint density at radius 2 is 1.91 bits per heavy atom. The molecule has 0 saturated carbocycles. The zero-order chi connectivity index (χ0) is 15.9. The van der Waals surface area contributed by atoms with Crippen molar-refractivity contribution in [3.63, 3.8) is 0 Å². The molecular weight excluding hydrogens is 284 g/mol. The van der Waals surface area contributed by atoms with Crippen LogP contribution in [0.1, 0.15) is 58.3 Å². The minimum atomic E-state index is 0.154. The second-order valence-electron chi connectivity index (χ2n) is 8.31. The quantitative estimate of drug-likeness (QED) is 0.743. The van der Waals surface area contributed by atoms with Gasteiger partial charge in [0.2, 0.25) is 0 Å². The molecule has 0 radical (unpaired) electrons. The number of nitrogens with one attached hydrogen (secondary N) is 1. The number of rotatable bonds is 0. The van der Waals surface area contributed by atoms with Crippen LogP contribution in [0.5, 0.6) is 0 Å². The van der Waals surface area contributed by atoms with E-state index < -0.39 is 0 Å². The molecule has 4 saturated heterocycles. The first kappa shape index (κ1) is 15.4. The highest BCUT2D eigenvalue weighted by atomic mass is 16.1. The van der Waals surface area contributed by atoms with E-state index in [1.165, 1.54) is 70.2 Å². The van der Waals surface area contributed by atoms with E-state index in [0.29, 0.717) is 0 Å². The second kappa shape index (κ2) is 6.08. The lowest BCUT2D eigenvalue weighted by Crippen LogP contribution is -2.47. The first-order valence-electron chi connectivity index (χ1n) is 9.59. The van der Waals surface area contributed by atoms with Gasteiger partial charge < -0.3 is 10.2 Å². The highest BCUT2D eigenvalue weighted by Crippen LogP contribution is 2.48. The summed E-state index contributed by atoms with van der Waals surface area (Å²) in [4.78, 5) is 14.4. The molecule has 6 rings (SSSR count). The fourth-order valence-corrected chi connectivity index (χ4v) is 5.24. The highest BCUT2D eigenvalue weighted by molar-refractivity contribution is 6.00. The molecule has 2 aliphatic carbocycles. The molecule has 2 bridgehead atoms. The third-order valence-corrected chi connectivity index (χ3v) is 6.67. The molecule has 126 valence electrons. The average Bonchev–Trinajstić information content (AvgIpc) is 2.61. The van der Waals surface area contributed by atoms with Crippen LogP contribution in [0.25, 0.3) is 0 Å². The Morgan fingerprint density at radius 3 is 2.52 bits per heavy atom. The Morgan fingerprint density at radius 1 is 1.17 bits per heavy atom. The van der Waals surface area contributed by atoms with Gasteiger partial charge in [0.15, 0.2) is 0 Å². The lowest BCUT2D eigenvalue weighted by molar-refractivity contribution is -0.118. The van der Waals surface area contributed by atoms with Gasteiger partial charge in [-0.3, -0.25) is 4.79 Å². The van der Waals surface area contributed by atoms with E-state index in [2.05, 4.69) is 23.2 Å². The third-order valence-electron chi connectivity index (χ3n) is 6.67. The summed E-state index contributed by atoms with van der Waals surface area (Å²) in [5.74, 6) is 1.27. The summed E-state index contributed by atoms with van der Waals surface area (Å²) in [6.07, 6.45) is 12.6. The van der Waals surface area contributed by atoms with E-state index in [4.69, 9.17) is 0 Å². The number of carbonyl (C=O) groups is 1. The van der Waals surface area contributed by atoms with Gasteiger partial charge in [0.1, 0.15) is 0 Å². The van der Waals surface area contributed by atoms with Crippen LogP contribution in [0.15, 0.2) is 22.8 Å². The van der Waals surface area contributed by atoms with Crippen molar-refractivity contribution in [1.82, 2.24) is 10.2 Å². The number of carbonyl (C=O) groups excluding carboxylic acids is 1. The minimum Gasteiger partial charge on any atom is -0.351 e. The van der Waals surface area contributed by atoms with Crippen molar-refractivity contribution in [2.24, 2.45) is 11.3 Å². The van der Waals surface area contributed by atoms with Crippen LogP contribution in [0.2, 0.25) is 0 Å². The molecule has 0 aromatic rings. The predicted octanol–water partition coefficient (Wildman–Crippen LogP) is 3.43. The SMILES string of the molecule is C1CN2CCC1CC2.CC12CCCC3=C1C(=CCC3)C(=O)NC2. The van der Waals surface area contributed by atoms with Crippen LogP contribution in [0, 0.1) is 11.3 Å². The van der Waals surface area contributed by atoms with Crippen molar-refractivity contribution >= 4 is 5.91 Å². The Bertz CT molecular complexity index is 531. The maximum absolute atomic E-state index is 11.8. The van der Waals surface area contributed by atoms with Crippen molar-refractivity contribution in [2.75, 3.05) is 26.2 Å². The highest BCUT2D eigenvalue weighted by Gasteiger charge is 2.42. The molecule has 1 amide bonds. The Labute approximate surface area is 140 Å². The summed E-state index contributed by atoms with van der Waals surface area (Å²) in [5, 5.41) is 3.04. The standard InChI is InChI=1S/C13H17NO.C7H13N/c1-13-7-3-5-9-4-2-6-10(11(9)13)12(15)14-8-13;1-4-8-5-2-7(1)3-6-8/h6H,2-5,7-8H2,1H3,(H,14,15);7H,1-6H2. The molecule has 0 aromatic heterocycles. The van der Waals surface area contributed by atoms with E-state index >= 15 is 0 Å². The lowest BCUT2D eigenvalue weighted by atomic mass is 9.64. The van der Waals surface area contributed by atoms with E-state index in [9.17, 15) is 4.79 Å². The Balaban J connectivity index is 0.000000142. The van der Waals surface area contributed by atoms with Gasteiger partial charge in [-0.15, -0.1) is 0 Å². The fourth-order valence-electron chi connectivity index (χ4n) is 5.24. The summed E-state index contributed by atoms with van der Waals surface area (Å²) in [6, 6.07) is 0. The number of fused-ring (bicyclic) bond motifs is 3. The number of amides is 1. The van der Waals surface area contributed by atoms with Gasteiger partial charge in [-0.05, 0) is 82.5 Å². The molecule has 6 aliphatic rings. The minimum absolute atomic E-state index is 0.154. The smallest absolute Gasteiger partial charge is 0.251 e. The third kappa shape index (κ3) is 2.88. The van der Waals surface area contributed by atoms with Gasteiger partial charge in [0.05, 0.1) is 0 Å². The van der Waals surface area contributed by atoms with E-state index in [1.807, 2.05) is 0 Å². The molecule has 1 N–H and O–H groups in total. The summed E-state index contributed by atoms with van der Waals surface area (Å²) in [7, 11) is 0. The molecule has 4 heterocycles. The van der Waals surface area contributed by atoms with Crippen molar-refractivity contribution in [3.8, 4) is 0 Å². The second-order valence-corrected chi connectivity index (χ2v) is 8.31. The molecule has 1 atom stereocenters. The van der Waals surface area contributed by atoms with E-state index in [1.54, 1.807) is 5.57 Å². The van der Waals surface area contributed by atoms with Crippen LogP contribution < -0.4 is 5.32 Å². The average molecular weight is 314 g/mol. The first-order valence-corrected chi connectivity index (χ1v) is 9.59. The normalized spacial score (nSPS) is 38.1. The molecule has 1 unspecified atom stereocenters. The van der Waals surface area contributed by atoms with Gasteiger partial charge >= 0.3 is 0 Å². The number of hydrogen-bond donors (Lipinski definition) is 1. The van der Waals surface area contributed by atoms with Gasteiger partial charge in [-0.25, -0.2) is 0 Å². The molecule has 0 spiro atoms. The van der Waals surface area contributed by atoms with Crippen LogP contribution in [-0.2, 0) is 4.79 Å². The molecule has 23 heavy (non-hydrogen) atoms. The summed E-state index contributed by atoms with van der Waals surface area (Å²) in [6.45, 7) is 7.32. The maximum atomic E-state index is 11.8. The molecule has 3 nitrogen and oxygen atoms in total. The zero-order valence-corrected chi connectivity index (χ0v) is 14.5. The van der Waals surface area contributed by atoms with Gasteiger partial charge in [0.25, 0.3) is 5.91 Å². The van der Waals surface area contributed by atoms with Crippen LogP contribution in [-0.4, -0.2) is 37.0 Å². The molecule has 3 heteroatoms. The largest absolute Gasteiger partial charge is 0.351 e. The zero-order valence-electron chi connectivity index (χ0n) is 14.5. The summed E-state index contributed by atoms with van der Waals surface area (Å²) in [5.41, 5.74) is 4.19. The van der Waals surface area contributed by atoms with E-state index in [-0.39, 0.29) is 11.3 Å². The summed E-state index contributed by atoms with van der Waals surface area (Å²) >= 11 is 0. The number of nitrogens with zero attached hydrogens (tertiary/aromatic N) is 1. The van der Waals surface area contributed by atoms with Crippen molar-refractivity contribution in [2.45, 2.75) is 58.3 Å². The fraction of sp³-hybridized carbons (Fsp3) is 0.750. The number of piperidine rings is 4. The van der Waals surface area contributed by atoms with Crippen molar-refractivity contribution in [3.05, 3.63) is 22.8 Å². The number of hydrogen-bond acceptors (Lipinski definition) is 2. The molecule has 4 fully saturated rings. The van der Waals surface area contributed by atoms with E-state index in [0.717, 1.165) is 24.5 Å². The molecular formula is C20H30N2O. The first-order chi connectivity index (χ1) is 11.2. The van der Waals surface area contributed by atoms with Gasteiger partial charge in [-0.2, -0.15) is 0 Å². The monoisotopic (exact) mass is 314 g/mol. The van der Waals surface area contributed by atoms with Crippen LogP contribution in [0.3, 0.4) is 0 Å². The topological polar surface area (TPSA) is 32.3 Å². The van der Waals surface area contributed by atoms with Crippen LogP contribution in [0.4, 0.5) is 0 Å². The summed E-state index contributed by atoms with van der Waals surface area (Å²) < 4.78 is 0. The van der Waals surface area contributed by atoms with Crippen molar-refractivity contribution in [1.29, 1.82) is 0 Å². The molecule has 4 aliphatic heterocycles. The van der Waals surface area contributed by atoms with Gasteiger partial charge in [0, 0.05) is 17.5 Å². The predicted molar refractivity (Wildman–Crippen MR) is 93.1 cm³/mol. The van der Waals surface area contributed by atoms with Crippen molar-refractivity contribution < 1.29 is 4.79 Å². The Kier molecular flexibility index (Phi) is 4.08. The number of allylic oxidation sites excluding steroid dienone is 2. The molecule has 0 aromatic carbocycles. The lowest BCUT2D eigenvalue weighted by Gasteiger charge is -2.44. The van der Waals surface area contributed by atoms with Gasteiger partial charge in [-0.1, -0.05) is 18.6 Å². The Hall–Kier alpha value is -1.09.